The molecule has 0 radical (unpaired) electrons. The highest BCUT2D eigenvalue weighted by Gasteiger charge is 2.16. The van der Waals surface area contributed by atoms with Crippen molar-refractivity contribution in [3.63, 3.8) is 0 Å². The molecular weight excluding hydrogens is 328 g/mol. The van der Waals surface area contributed by atoms with E-state index in [2.05, 4.69) is 21.8 Å². The Hall–Kier alpha value is -3.02. The van der Waals surface area contributed by atoms with E-state index in [0.717, 1.165) is 23.1 Å². The summed E-state index contributed by atoms with van der Waals surface area (Å²) in [6.07, 6.45) is 3.47. The van der Waals surface area contributed by atoms with Crippen LogP contribution in [-0.2, 0) is 0 Å². The van der Waals surface area contributed by atoms with Crippen molar-refractivity contribution in [3.8, 4) is 5.88 Å². The molecule has 0 aliphatic carbocycles. The SMILES string of the molecule is CCN(C)c1cccnc1OCCN(C)C(=O)c1c[nH]c2ccccc12. The number of aromatic nitrogens is 2. The van der Waals surface area contributed by atoms with E-state index in [9.17, 15) is 4.79 Å². The maximum absolute atomic E-state index is 12.7. The number of rotatable bonds is 7. The first kappa shape index (κ1) is 17.8. The molecule has 26 heavy (non-hydrogen) atoms. The Morgan fingerprint density at radius 1 is 1.19 bits per heavy atom. The minimum Gasteiger partial charge on any atom is -0.474 e. The molecule has 6 heteroatoms. The van der Waals surface area contributed by atoms with Gasteiger partial charge in [0.15, 0.2) is 0 Å². The van der Waals surface area contributed by atoms with Crippen LogP contribution in [0.15, 0.2) is 48.8 Å². The van der Waals surface area contributed by atoms with Gasteiger partial charge in [0.2, 0.25) is 5.88 Å². The third-order valence-corrected chi connectivity index (χ3v) is 4.47. The quantitative estimate of drug-likeness (QED) is 0.709. The van der Waals surface area contributed by atoms with Crippen LogP contribution in [0.1, 0.15) is 17.3 Å². The highest BCUT2D eigenvalue weighted by Crippen LogP contribution is 2.24. The summed E-state index contributed by atoms with van der Waals surface area (Å²) in [6, 6.07) is 11.7. The maximum atomic E-state index is 12.7. The molecule has 0 bridgehead atoms. The molecule has 1 N–H and O–H groups in total. The van der Waals surface area contributed by atoms with Crippen molar-refractivity contribution in [2.45, 2.75) is 6.92 Å². The Kier molecular flexibility index (Phi) is 5.41. The molecule has 0 spiro atoms. The van der Waals surface area contributed by atoms with Gasteiger partial charge in [0.05, 0.1) is 17.8 Å². The Balaban J connectivity index is 1.63. The van der Waals surface area contributed by atoms with Crippen molar-refractivity contribution < 1.29 is 9.53 Å². The zero-order valence-corrected chi connectivity index (χ0v) is 15.4. The second kappa shape index (κ2) is 7.91. The predicted molar refractivity (Wildman–Crippen MR) is 104 cm³/mol. The Morgan fingerprint density at radius 3 is 2.81 bits per heavy atom. The molecule has 0 atom stereocenters. The van der Waals surface area contributed by atoms with Gasteiger partial charge in [-0.3, -0.25) is 4.79 Å². The number of benzene rings is 1. The molecule has 3 rings (SSSR count). The molecular formula is C20H24N4O2. The van der Waals surface area contributed by atoms with E-state index in [4.69, 9.17) is 4.74 Å². The van der Waals surface area contributed by atoms with Crippen LogP contribution in [0.5, 0.6) is 5.88 Å². The normalized spacial score (nSPS) is 10.7. The molecule has 0 fully saturated rings. The van der Waals surface area contributed by atoms with Crippen molar-refractivity contribution in [1.29, 1.82) is 0 Å². The second-order valence-corrected chi connectivity index (χ2v) is 6.16. The van der Waals surface area contributed by atoms with Gasteiger partial charge in [0.25, 0.3) is 5.91 Å². The largest absolute Gasteiger partial charge is 0.474 e. The molecule has 2 aromatic heterocycles. The first-order valence-corrected chi connectivity index (χ1v) is 8.72. The molecule has 1 amide bonds. The lowest BCUT2D eigenvalue weighted by Crippen LogP contribution is -2.31. The van der Waals surface area contributed by atoms with E-state index in [1.165, 1.54) is 0 Å². The molecule has 1 aromatic carbocycles. The number of carbonyl (C=O) groups excluding carboxylic acids is 1. The van der Waals surface area contributed by atoms with Gasteiger partial charge in [-0.05, 0) is 25.1 Å². The molecule has 6 nitrogen and oxygen atoms in total. The van der Waals surface area contributed by atoms with E-state index in [-0.39, 0.29) is 5.91 Å². The minimum absolute atomic E-state index is 0.0297. The number of nitrogens with one attached hydrogen (secondary N) is 1. The summed E-state index contributed by atoms with van der Waals surface area (Å²) >= 11 is 0. The van der Waals surface area contributed by atoms with Crippen LogP contribution >= 0.6 is 0 Å². The predicted octanol–water partition coefficient (Wildman–Crippen LogP) is 3.17. The zero-order valence-electron chi connectivity index (χ0n) is 15.4. The van der Waals surface area contributed by atoms with Gasteiger partial charge in [0, 0.05) is 43.9 Å². The topological polar surface area (TPSA) is 61.5 Å². The lowest BCUT2D eigenvalue weighted by molar-refractivity contribution is 0.0774. The molecule has 0 unspecified atom stereocenters. The number of carbonyl (C=O) groups is 1. The summed E-state index contributed by atoms with van der Waals surface area (Å²) in [5.74, 6) is 0.558. The number of likely N-dealkylation sites (N-methyl/N-ethyl adjacent to an activating group) is 1. The maximum Gasteiger partial charge on any atom is 0.255 e. The molecule has 3 aromatic rings. The summed E-state index contributed by atoms with van der Waals surface area (Å²) in [4.78, 5) is 23.9. The lowest BCUT2D eigenvalue weighted by atomic mass is 10.1. The Morgan fingerprint density at radius 2 is 2.00 bits per heavy atom. The number of pyridine rings is 1. The second-order valence-electron chi connectivity index (χ2n) is 6.16. The molecule has 0 aliphatic heterocycles. The molecule has 0 aliphatic rings. The third kappa shape index (κ3) is 3.64. The number of aromatic amines is 1. The number of hydrogen-bond donors (Lipinski definition) is 1. The number of amides is 1. The summed E-state index contributed by atoms with van der Waals surface area (Å²) in [7, 11) is 3.78. The number of fused-ring (bicyclic) bond motifs is 1. The number of anilines is 1. The standard InChI is InChI=1S/C20H24N4O2/c1-4-23(2)18-10-7-11-21-19(18)26-13-12-24(3)20(25)16-14-22-17-9-6-5-8-15(16)17/h5-11,14,22H,4,12-13H2,1-3H3. The van der Waals surface area contributed by atoms with Crippen LogP contribution in [-0.4, -0.2) is 54.6 Å². The molecule has 2 heterocycles. The van der Waals surface area contributed by atoms with Crippen molar-refractivity contribution in [2.75, 3.05) is 38.7 Å². The first-order valence-electron chi connectivity index (χ1n) is 8.72. The fourth-order valence-corrected chi connectivity index (χ4v) is 2.79. The smallest absolute Gasteiger partial charge is 0.255 e. The van der Waals surface area contributed by atoms with E-state index in [1.807, 2.05) is 43.4 Å². The van der Waals surface area contributed by atoms with Crippen molar-refractivity contribution in [2.24, 2.45) is 0 Å². The highest BCUT2D eigenvalue weighted by atomic mass is 16.5. The minimum atomic E-state index is -0.0297. The molecule has 0 saturated carbocycles. The highest BCUT2D eigenvalue weighted by molar-refractivity contribution is 6.06. The van der Waals surface area contributed by atoms with Gasteiger partial charge in [-0.2, -0.15) is 0 Å². The van der Waals surface area contributed by atoms with Gasteiger partial charge < -0.3 is 19.5 Å². The van der Waals surface area contributed by atoms with Crippen LogP contribution in [0.2, 0.25) is 0 Å². The lowest BCUT2D eigenvalue weighted by Gasteiger charge is -2.21. The number of hydrogen-bond acceptors (Lipinski definition) is 4. The summed E-state index contributed by atoms with van der Waals surface area (Å²) in [5.41, 5.74) is 2.58. The van der Waals surface area contributed by atoms with Crippen molar-refractivity contribution in [1.82, 2.24) is 14.9 Å². The third-order valence-electron chi connectivity index (χ3n) is 4.47. The molecule has 0 saturated heterocycles. The number of para-hydroxylation sites is 1. The Labute approximate surface area is 153 Å². The summed E-state index contributed by atoms with van der Waals surface area (Å²) < 4.78 is 5.83. The van der Waals surface area contributed by atoms with Crippen LogP contribution in [0.25, 0.3) is 10.9 Å². The number of H-pyrrole nitrogens is 1. The molecule has 136 valence electrons. The van der Waals surface area contributed by atoms with Crippen LogP contribution in [0.4, 0.5) is 5.69 Å². The van der Waals surface area contributed by atoms with E-state index in [0.29, 0.717) is 24.6 Å². The van der Waals surface area contributed by atoms with Gasteiger partial charge in [-0.15, -0.1) is 0 Å². The zero-order chi connectivity index (χ0) is 18.5. The van der Waals surface area contributed by atoms with Crippen LogP contribution < -0.4 is 9.64 Å². The average molecular weight is 352 g/mol. The monoisotopic (exact) mass is 352 g/mol. The van der Waals surface area contributed by atoms with E-state index in [1.54, 1.807) is 24.3 Å². The fourth-order valence-electron chi connectivity index (χ4n) is 2.79. The van der Waals surface area contributed by atoms with Gasteiger partial charge in [0.1, 0.15) is 6.61 Å². The summed E-state index contributed by atoms with van der Waals surface area (Å²) in [6.45, 7) is 3.79. The summed E-state index contributed by atoms with van der Waals surface area (Å²) in [5, 5.41) is 0.932. The average Bonchev–Trinajstić information content (AvgIpc) is 3.11. The van der Waals surface area contributed by atoms with Gasteiger partial charge >= 0.3 is 0 Å². The Bertz CT molecular complexity index is 890. The first-order chi connectivity index (χ1) is 12.6. The van der Waals surface area contributed by atoms with E-state index >= 15 is 0 Å². The van der Waals surface area contributed by atoms with Gasteiger partial charge in [-0.1, -0.05) is 18.2 Å². The van der Waals surface area contributed by atoms with Crippen LogP contribution in [0.3, 0.4) is 0 Å². The number of ether oxygens (including phenoxy) is 1. The van der Waals surface area contributed by atoms with Crippen LogP contribution in [0, 0.1) is 0 Å². The van der Waals surface area contributed by atoms with Crippen molar-refractivity contribution in [3.05, 3.63) is 54.4 Å². The van der Waals surface area contributed by atoms with E-state index < -0.39 is 0 Å². The van der Waals surface area contributed by atoms with Gasteiger partial charge in [-0.25, -0.2) is 4.98 Å². The number of nitrogens with zero attached hydrogens (tertiary/aromatic N) is 3. The fraction of sp³-hybridized carbons (Fsp3) is 0.300. The van der Waals surface area contributed by atoms with Crippen molar-refractivity contribution >= 4 is 22.5 Å².